The molecule has 0 N–H and O–H groups in total. The van der Waals surface area contributed by atoms with E-state index in [2.05, 4.69) is 11.9 Å². The Bertz CT molecular complexity index is 171. The molecule has 3 nitrogen and oxygen atoms in total. The highest BCUT2D eigenvalue weighted by atomic mass is 17.2. The van der Waals surface area contributed by atoms with Crippen molar-refractivity contribution < 1.29 is 9.78 Å². The van der Waals surface area contributed by atoms with Gasteiger partial charge in [0, 0.05) is 6.04 Å². The molecule has 0 aromatic rings. The summed E-state index contributed by atoms with van der Waals surface area (Å²) in [5.74, 6) is 0. The van der Waals surface area contributed by atoms with E-state index in [9.17, 15) is 0 Å². The summed E-state index contributed by atoms with van der Waals surface area (Å²) < 4.78 is 0. The second kappa shape index (κ2) is 5.83. The predicted molar refractivity (Wildman–Crippen MR) is 61.4 cm³/mol. The highest BCUT2D eigenvalue weighted by Gasteiger charge is 2.19. The molecule has 1 aliphatic rings. The zero-order chi connectivity index (χ0) is 11.3. The van der Waals surface area contributed by atoms with Crippen molar-refractivity contribution in [3.8, 4) is 0 Å². The fraction of sp³-hybridized carbons (Fsp3) is 1.00. The number of rotatable bonds is 4. The van der Waals surface area contributed by atoms with Gasteiger partial charge in [-0.15, -0.1) is 0 Å². The Morgan fingerprint density at radius 1 is 1.13 bits per heavy atom. The van der Waals surface area contributed by atoms with Crippen LogP contribution in [-0.4, -0.2) is 30.3 Å². The monoisotopic (exact) mass is 215 g/mol. The van der Waals surface area contributed by atoms with Crippen LogP contribution >= 0.6 is 0 Å². The Morgan fingerprint density at radius 2 is 1.73 bits per heavy atom. The lowest BCUT2D eigenvalue weighted by molar-refractivity contribution is -0.365. The maximum absolute atomic E-state index is 5.25. The summed E-state index contributed by atoms with van der Waals surface area (Å²) in [4.78, 5) is 12.7. The zero-order valence-corrected chi connectivity index (χ0v) is 10.6. The molecule has 0 amide bonds. The Morgan fingerprint density at radius 3 is 2.27 bits per heavy atom. The van der Waals surface area contributed by atoms with Gasteiger partial charge in [0.05, 0.1) is 5.60 Å². The fourth-order valence-corrected chi connectivity index (χ4v) is 1.91. The molecule has 0 unspecified atom stereocenters. The average molecular weight is 215 g/mol. The van der Waals surface area contributed by atoms with Gasteiger partial charge in [-0.2, -0.15) is 0 Å². The van der Waals surface area contributed by atoms with Gasteiger partial charge in [-0.3, -0.25) is 4.90 Å². The van der Waals surface area contributed by atoms with Crippen molar-refractivity contribution in [1.29, 1.82) is 0 Å². The molecule has 1 fully saturated rings. The summed E-state index contributed by atoms with van der Waals surface area (Å²) in [5.41, 5.74) is -0.215. The molecule has 0 aromatic heterocycles. The summed E-state index contributed by atoms with van der Waals surface area (Å²) in [5, 5.41) is 0. The smallest absolute Gasteiger partial charge is 0.135 e. The Balaban J connectivity index is 2.14. The summed E-state index contributed by atoms with van der Waals surface area (Å²) in [6.45, 7) is 6.55. The first-order valence-electron chi connectivity index (χ1n) is 6.00. The minimum absolute atomic E-state index is 0.215. The standard InChI is InChI=1S/C12H25NO2/c1-12(2,3)15-14-10-13(4)11-8-6-5-7-9-11/h11H,5-10H2,1-4H3. The van der Waals surface area contributed by atoms with E-state index in [1.807, 2.05) is 20.8 Å². The van der Waals surface area contributed by atoms with Crippen LogP contribution in [0.2, 0.25) is 0 Å². The van der Waals surface area contributed by atoms with Crippen molar-refractivity contribution in [2.24, 2.45) is 0 Å². The van der Waals surface area contributed by atoms with E-state index in [4.69, 9.17) is 9.78 Å². The van der Waals surface area contributed by atoms with Crippen molar-refractivity contribution in [3.63, 3.8) is 0 Å². The third-order valence-electron chi connectivity index (χ3n) is 2.76. The molecule has 0 atom stereocenters. The molecule has 15 heavy (non-hydrogen) atoms. The van der Waals surface area contributed by atoms with Crippen LogP contribution in [0.1, 0.15) is 52.9 Å². The number of nitrogens with zero attached hydrogens (tertiary/aromatic N) is 1. The first-order valence-corrected chi connectivity index (χ1v) is 6.00. The van der Waals surface area contributed by atoms with E-state index in [0.717, 1.165) is 0 Å². The van der Waals surface area contributed by atoms with E-state index in [-0.39, 0.29) is 5.60 Å². The highest BCUT2D eigenvalue weighted by Crippen LogP contribution is 2.21. The fourth-order valence-electron chi connectivity index (χ4n) is 1.91. The molecule has 1 aliphatic carbocycles. The molecular weight excluding hydrogens is 190 g/mol. The Labute approximate surface area is 93.7 Å². The quantitative estimate of drug-likeness (QED) is 0.409. The molecule has 3 heteroatoms. The van der Waals surface area contributed by atoms with E-state index < -0.39 is 0 Å². The van der Waals surface area contributed by atoms with Crippen LogP contribution in [0.5, 0.6) is 0 Å². The van der Waals surface area contributed by atoms with Crippen LogP contribution in [0, 0.1) is 0 Å². The largest absolute Gasteiger partial charge is 0.278 e. The van der Waals surface area contributed by atoms with Crippen LogP contribution in [0.25, 0.3) is 0 Å². The van der Waals surface area contributed by atoms with Gasteiger partial charge in [0.25, 0.3) is 0 Å². The summed E-state index contributed by atoms with van der Waals surface area (Å²) in [6.07, 6.45) is 6.71. The first kappa shape index (κ1) is 12.9. The van der Waals surface area contributed by atoms with Gasteiger partial charge in [0.2, 0.25) is 0 Å². The molecule has 0 aromatic carbocycles. The van der Waals surface area contributed by atoms with Gasteiger partial charge < -0.3 is 0 Å². The Hall–Kier alpha value is -0.120. The van der Waals surface area contributed by atoms with Gasteiger partial charge in [0.15, 0.2) is 0 Å². The van der Waals surface area contributed by atoms with Crippen LogP contribution < -0.4 is 0 Å². The number of hydrogen-bond acceptors (Lipinski definition) is 3. The zero-order valence-electron chi connectivity index (χ0n) is 10.6. The molecule has 0 aliphatic heterocycles. The maximum Gasteiger partial charge on any atom is 0.135 e. The van der Waals surface area contributed by atoms with Crippen molar-refractivity contribution in [2.45, 2.75) is 64.5 Å². The topological polar surface area (TPSA) is 21.7 Å². The van der Waals surface area contributed by atoms with Gasteiger partial charge in [-0.25, -0.2) is 9.78 Å². The van der Waals surface area contributed by atoms with E-state index in [1.165, 1.54) is 32.1 Å². The molecule has 90 valence electrons. The van der Waals surface area contributed by atoms with Crippen molar-refractivity contribution in [1.82, 2.24) is 4.90 Å². The minimum Gasteiger partial charge on any atom is -0.278 e. The van der Waals surface area contributed by atoms with E-state index >= 15 is 0 Å². The van der Waals surface area contributed by atoms with E-state index in [0.29, 0.717) is 12.8 Å². The lowest BCUT2D eigenvalue weighted by Gasteiger charge is -2.31. The second-order valence-electron chi connectivity index (χ2n) is 5.49. The van der Waals surface area contributed by atoms with Gasteiger partial charge >= 0.3 is 0 Å². The molecule has 0 spiro atoms. The van der Waals surface area contributed by atoms with Gasteiger partial charge in [-0.1, -0.05) is 19.3 Å². The molecule has 0 radical (unpaired) electrons. The molecule has 1 saturated carbocycles. The molecule has 1 rings (SSSR count). The molecule has 0 bridgehead atoms. The van der Waals surface area contributed by atoms with Gasteiger partial charge in [-0.05, 0) is 40.7 Å². The number of hydrogen-bond donors (Lipinski definition) is 0. The average Bonchev–Trinajstić information content (AvgIpc) is 2.17. The van der Waals surface area contributed by atoms with Crippen molar-refractivity contribution in [3.05, 3.63) is 0 Å². The molecule has 0 saturated heterocycles. The summed E-state index contributed by atoms with van der Waals surface area (Å²) in [6, 6.07) is 0.683. The summed E-state index contributed by atoms with van der Waals surface area (Å²) >= 11 is 0. The SMILES string of the molecule is CN(COOC(C)(C)C)C1CCCCC1. The lowest BCUT2D eigenvalue weighted by atomic mass is 9.95. The minimum atomic E-state index is -0.215. The predicted octanol–water partition coefficient (Wildman–Crippen LogP) is 2.96. The van der Waals surface area contributed by atoms with Crippen LogP contribution in [0.15, 0.2) is 0 Å². The summed E-state index contributed by atoms with van der Waals surface area (Å²) in [7, 11) is 2.11. The van der Waals surface area contributed by atoms with E-state index in [1.54, 1.807) is 0 Å². The van der Waals surface area contributed by atoms with Crippen molar-refractivity contribution in [2.75, 3.05) is 13.8 Å². The van der Waals surface area contributed by atoms with Crippen molar-refractivity contribution >= 4 is 0 Å². The second-order valence-corrected chi connectivity index (χ2v) is 5.49. The molecular formula is C12H25NO2. The third kappa shape index (κ3) is 5.50. The van der Waals surface area contributed by atoms with Crippen LogP contribution in [0.3, 0.4) is 0 Å². The van der Waals surface area contributed by atoms with Gasteiger partial charge in [0.1, 0.15) is 6.73 Å². The normalized spacial score (nSPS) is 19.8. The molecule has 0 heterocycles. The van der Waals surface area contributed by atoms with Crippen LogP contribution in [0.4, 0.5) is 0 Å². The lowest BCUT2D eigenvalue weighted by Crippen LogP contribution is -2.36. The Kier molecular flexibility index (Phi) is 5.03. The third-order valence-corrected chi connectivity index (χ3v) is 2.76. The van der Waals surface area contributed by atoms with Crippen LogP contribution in [-0.2, 0) is 9.78 Å². The highest BCUT2D eigenvalue weighted by molar-refractivity contribution is 4.71. The maximum atomic E-state index is 5.25. The first-order chi connectivity index (χ1) is 6.99.